The Balaban J connectivity index is 1.51. The summed E-state index contributed by atoms with van der Waals surface area (Å²) in [6.45, 7) is 3.78. The standard InChI is InChI=1S/C22H27FN2O3S/c1-15-3-13-21(14-4-15)29(27,28)25-20-11-7-18(8-12-20)22(26)24-16(2)17-5-9-19(23)10-6-17/h3-6,9-10,13-14,16,18,20,25H,7-8,11-12H2,1-2H3,(H,24,26)/t16-,18?,20?/m1/s1. The van der Waals surface area contributed by atoms with Crippen molar-refractivity contribution in [2.24, 2.45) is 5.92 Å². The second kappa shape index (κ2) is 9.05. The molecule has 0 spiro atoms. The molecule has 1 saturated carbocycles. The molecule has 1 atom stereocenters. The van der Waals surface area contributed by atoms with Crippen LogP contribution in [0, 0.1) is 18.7 Å². The minimum absolute atomic E-state index is 0.0401. The summed E-state index contributed by atoms with van der Waals surface area (Å²) in [6.07, 6.45) is 2.49. The highest BCUT2D eigenvalue weighted by molar-refractivity contribution is 7.89. The first kappa shape index (κ1) is 21.5. The van der Waals surface area contributed by atoms with Gasteiger partial charge in [-0.1, -0.05) is 29.8 Å². The molecule has 1 fully saturated rings. The number of hydrogen-bond acceptors (Lipinski definition) is 3. The first-order valence-corrected chi connectivity index (χ1v) is 11.4. The van der Waals surface area contributed by atoms with Gasteiger partial charge in [-0.2, -0.15) is 0 Å². The highest BCUT2D eigenvalue weighted by Crippen LogP contribution is 2.27. The monoisotopic (exact) mass is 418 g/mol. The Morgan fingerprint density at radius 3 is 2.17 bits per heavy atom. The Hall–Kier alpha value is -2.25. The predicted octanol–water partition coefficient (Wildman–Crippen LogP) is 3.85. The van der Waals surface area contributed by atoms with Crippen molar-refractivity contribution in [1.82, 2.24) is 10.0 Å². The summed E-state index contributed by atoms with van der Waals surface area (Å²) in [7, 11) is -3.55. The van der Waals surface area contributed by atoms with Crippen LogP contribution in [0.2, 0.25) is 0 Å². The molecular weight excluding hydrogens is 391 g/mol. The summed E-state index contributed by atoms with van der Waals surface area (Å²) in [5.74, 6) is -0.488. The van der Waals surface area contributed by atoms with E-state index < -0.39 is 10.0 Å². The van der Waals surface area contributed by atoms with Gasteiger partial charge >= 0.3 is 0 Å². The Bertz CT molecular complexity index is 935. The first-order valence-electron chi connectivity index (χ1n) is 9.89. The van der Waals surface area contributed by atoms with E-state index in [1.165, 1.54) is 12.1 Å². The van der Waals surface area contributed by atoms with Crippen LogP contribution in [-0.2, 0) is 14.8 Å². The fourth-order valence-electron chi connectivity index (χ4n) is 3.64. The van der Waals surface area contributed by atoms with Gasteiger partial charge < -0.3 is 5.32 Å². The highest BCUT2D eigenvalue weighted by atomic mass is 32.2. The van der Waals surface area contributed by atoms with Crippen molar-refractivity contribution in [2.45, 2.75) is 56.5 Å². The van der Waals surface area contributed by atoms with Gasteiger partial charge in [-0.25, -0.2) is 17.5 Å². The van der Waals surface area contributed by atoms with E-state index in [2.05, 4.69) is 10.0 Å². The lowest BCUT2D eigenvalue weighted by Crippen LogP contribution is -2.41. The quantitative estimate of drug-likeness (QED) is 0.748. The van der Waals surface area contributed by atoms with Gasteiger partial charge in [0.15, 0.2) is 0 Å². The molecule has 0 aliphatic heterocycles. The molecular formula is C22H27FN2O3S. The maximum absolute atomic E-state index is 13.0. The number of halogens is 1. The summed E-state index contributed by atoms with van der Waals surface area (Å²) in [5, 5.41) is 2.98. The molecule has 0 unspecified atom stereocenters. The Labute approximate surface area is 171 Å². The molecule has 0 bridgehead atoms. The predicted molar refractivity (Wildman–Crippen MR) is 110 cm³/mol. The van der Waals surface area contributed by atoms with Crippen LogP contribution in [0.4, 0.5) is 4.39 Å². The molecule has 1 amide bonds. The van der Waals surface area contributed by atoms with Crippen molar-refractivity contribution < 1.29 is 17.6 Å². The van der Waals surface area contributed by atoms with Crippen molar-refractivity contribution in [1.29, 1.82) is 0 Å². The Morgan fingerprint density at radius 2 is 1.59 bits per heavy atom. The molecule has 0 aromatic heterocycles. The normalized spacial score (nSPS) is 20.8. The van der Waals surface area contributed by atoms with Gasteiger partial charge in [-0.05, 0) is 69.4 Å². The Morgan fingerprint density at radius 1 is 1.00 bits per heavy atom. The molecule has 2 N–H and O–H groups in total. The maximum atomic E-state index is 13.0. The van der Waals surface area contributed by atoms with Crippen molar-refractivity contribution in [3.8, 4) is 0 Å². The van der Waals surface area contributed by atoms with Gasteiger partial charge in [-0.3, -0.25) is 4.79 Å². The Kier molecular flexibility index (Phi) is 6.70. The molecule has 29 heavy (non-hydrogen) atoms. The SMILES string of the molecule is Cc1ccc(S(=O)(=O)NC2CCC(C(=O)N[C@H](C)c3ccc(F)cc3)CC2)cc1. The highest BCUT2D eigenvalue weighted by Gasteiger charge is 2.29. The van der Waals surface area contributed by atoms with Gasteiger partial charge in [0.25, 0.3) is 0 Å². The van der Waals surface area contributed by atoms with Gasteiger partial charge in [0.05, 0.1) is 10.9 Å². The van der Waals surface area contributed by atoms with Crippen molar-refractivity contribution in [3.63, 3.8) is 0 Å². The molecule has 0 radical (unpaired) electrons. The largest absolute Gasteiger partial charge is 0.349 e. The third kappa shape index (κ3) is 5.64. The molecule has 7 heteroatoms. The van der Waals surface area contributed by atoms with Crippen molar-refractivity contribution >= 4 is 15.9 Å². The molecule has 1 aliphatic carbocycles. The summed E-state index contributed by atoms with van der Waals surface area (Å²) < 4.78 is 40.9. The third-order valence-electron chi connectivity index (χ3n) is 5.48. The summed E-state index contributed by atoms with van der Waals surface area (Å²) >= 11 is 0. The summed E-state index contributed by atoms with van der Waals surface area (Å²) in [4.78, 5) is 12.8. The number of nitrogens with one attached hydrogen (secondary N) is 2. The van der Waals surface area contributed by atoms with E-state index in [4.69, 9.17) is 0 Å². The number of aryl methyl sites for hydroxylation is 1. The zero-order valence-corrected chi connectivity index (χ0v) is 17.5. The number of amides is 1. The summed E-state index contributed by atoms with van der Waals surface area (Å²) in [5.41, 5.74) is 1.85. The number of sulfonamides is 1. The third-order valence-corrected chi connectivity index (χ3v) is 7.02. The van der Waals surface area contributed by atoms with Crippen LogP contribution < -0.4 is 10.0 Å². The first-order chi connectivity index (χ1) is 13.7. The van der Waals surface area contributed by atoms with Gasteiger partial charge in [0, 0.05) is 12.0 Å². The van der Waals surface area contributed by atoms with Crippen LogP contribution in [0.25, 0.3) is 0 Å². The zero-order chi connectivity index (χ0) is 21.0. The lowest BCUT2D eigenvalue weighted by atomic mass is 9.85. The van der Waals surface area contributed by atoms with E-state index in [1.807, 2.05) is 13.8 Å². The van der Waals surface area contributed by atoms with E-state index >= 15 is 0 Å². The van der Waals surface area contributed by atoms with Gasteiger partial charge in [-0.15, -0.1) is 0 Å². The van der Waals surface area contributed by atoms with Crippen LogP contribution in [0.3, 0.4) is 0 Å². The fourth-order valence-corrected chi connectivity index (χ4v) is 4.95. The topological polar surface area (TPSA) is 75.3 Å². The average Bonchev–Trinajstić information content (AvgIpc) is 2.69. The van der Waals surface area contributed by atoms with Crippen LogP contribution >= 0.6 is 0 Å². The second-order valence-corrected chi connectivity index (χ2v) is 9.48. The average molecular weight is 419 g/mol. The molecule has 156 valence electrons. The van der Waals surface area contributed by atoms with Crippen molar-refractivity contribution in [3.05, 3.63) is 65.5 Å². The van der Waals surface area contributed by atoms with Gasteiger partial charge in [0.1, 0.15) is 5.82 Å². The van der Waals surface area contributed by atoms with E-state index in [9.17, 15) is 17.6 Å². The van der Waals surface area contributed by atoms with Crippen molar-refractivity contribution in [2.75, 3.05) is 0 Å². The number of rotatable bonds is 6. The van der Waals surface area contributed by atoms with Crippen LogP contribution in [-0.4, -0.2) is 20.4 Å². The number of benzene rings is 2. The number of hydrogen-bond donors (Lipinski definition) is 2. The molecule has 1 aliphatic rings. The lowest BCUT2D eigenvalue weighted by molar-refractivity contribution is -0.126. The molecule has 0 heterocycles. The fraction of sp³-hybridized carbons (Fsp3) is 0.409. The zero-order valence-electron chi connectivity index (χ0n) is 16.7. The van der Waals surface area contributed by atoms with E-state index in [0.717, 1.165) is 11.1 Å². The minimum atomic E-state index is -3.55. The molecule has 2 aromatic rings. The van der Waals surface area contributed by atoms with E-state index in [0.29, 0.717) is 25.7 Å². The maximum Gasteiger partial charge on any atom is 0.240 e. The molecule has 3 rings (SSSR count). The van der Waals surface area contributed by atoms with Gasteiger partial charge in [0.2, 0.25) is 15.9 Å². The molecule has 0 saturated heterocycles. The minimum Gasteiger partial charge on any atom is -0.349 e. The smallest absolute Gasteiger partial charge is 0.240 e. The summed E-state index contributed by atoms with van der Waals surface area (Å²) in [6, 6.07) is 12.5. The van der Waals surface area contributed by atoms with Crippen LogP contribution in [0.5, 0.6) is 0 Å². The lowest BCUT2D eigenvalue weighted by Gasteiger charge is -2.29. The number of carbonyl (C=O) groups is 1. The van der Waals surface area contributed by atoms with Crippen LogP contribution in [0.1, 0.15) is 49.8 Å². The van der Waals surface area contributed by atoms with E-state index in [1.54, 1.807) is 36.4 Å². The molecule has 5 nitrogen and oxygen atoms in total. The van der Waals surface area contributed by atoms with E-state index in [-0.39, 0.29) is 34.6 Å². The number of carbonyl (C=O) groups excluding carboxylic acids is 1. The van der Waals surface area contributed by atoms with Crippen LogP contribution in [0.15, 0.2) is 53.4 Å². The molecule has 2 aromatic carbocycles. The second-order valence-electron chi connectivity index (χ2n) is 7.76.